The summed E-state index contributed by atoms with van der Waals surface area (Å²) in [6, 6.07) is 5.16. The van der Waals surface area contributed by atoms with Crippen LogP contribution in [0.3, 0.4) is 0 Å². The van der Waals surface area contributed by atoms with Gasteiger partial charge in [-0.2, -0.15) is 5.10 Å². The molecule has 1 N–H and O–H groups in total. The van der Waals surface area contributed by atoms with E-state index in [-0.39, 0.29) is 11.5 Å². The van der Waals surface area contributed by atoms with E-state index in [1.807, 2.05) is 11.1 Å². The zero-order valence-corrected chi connectivity index (χ0v) is 16.2. The number of nitrogens with one attached hydrogen (secondary N) is 1. The van der Waals surface area contributed by atoms with Gasteiger partial charge < -0.3 is 18.8 Å². The topological polar surface area (TPSA) is 80.6 Å². The molecular formula is C20H20ClN3O4. The number of likely N-dealkylation sites (tertiary alicyclic amines) is 1. The maximum atomic E-state index is 13.0. The van der Waals surface area contributed by atoms with Crippen molar-refractivity contribution in [1.29, 1.82) is 0 Å². The first-order valence-corrected chi connectivity index (χ1v) is 9.70. The first kappa shape index (κ1) is 17.6. The van der Waals surface area contributed by atoms with Gasteiger partial charge in [0.1, 0.15) is 5.60 Å². The molecule has 1 spiro atoms. The van der Waals surface area contributed by atoms with Gasteiger partial charge in [0.2, 0.25) is 0 Å². The molecule has 146 valence electrons. The Morgan fingerprint density at radius 1 is 1.32 bits per heavy atom. The van der Waals surface area contributed by atoms with Crippen LogP contribution in [0.4, 0.5) is 0 Å². The van der Waals surface area contributed by atoms with E-state index >= 15 is 0 Å². The fourth-order valence-electron chi connectivity index (χ4n) is 4.29. The number of fused-ring (bicyclic) bond motifs is 3. The molecule has 0 atom stereocenters. The van der Waals surface area contributed by atoms with Crippen molar-refractivity contribution in [2.75, 3.05) is 26.8 Å². The second-order valence-corrected chi connectivity index (χ2v) is 7.73. The van der Waals surface area contributed by atoms with Crippen molar-refractivity contribution in [1.82, 2.24) is 15.1 Å². The number of aromatic amines is 1. The van der Waals surface area contributed by atoms with E-state index in [4.69, 9.17) is 25.5 Å². The molecule has 2 aliphatic rings. The average molecular weight is 402 g/mol. The van der Waals surface area contributed by atoms with Gasteiger partial charge >= 0.3 is 0 Å². The Morgan fingerprint density at radius 2 is 2.14 bits per heavy atom. The lowest BCUT2D eigenvalue weighted by Crippen LogP contribution is -2.48. The standard InChI is InChI=1S/C20H20ClN3O4/c1-26-15-10-14(21)8-13-9-16(28-17(13)15)19(25)24-5-3-20(4-6-24)18-12(2-7-27-20)11-22-23-18/h8-11H,2-7H2,1H3,(H,22,23). The summed E-state index contributed by atoms with van der Waals surface area (Å²) in [5, 5.41) is 8.57. The molecule has 1 saturated heterocycles. The lowest BCUT2D eigenvalue weighted by Gasteiger charge is -2.43. The molecule has 2 aliphatic heterocycles. The summed E-state index contributed by atoms with van der Waals surface area (Å²) in [6.07, 6.45) is 4.20. The van der Waals surface area contributed by atoms with Gasteiger partial charge in [0, 0.05) is 29.6 Å². The number of furan rings is 1. The highest BCUT2D eigenvalue weighted by Gasteiger charge is 2.43. The fraction of sp³-hybridized carbons (Fsp3) is 0.400. The number of aromatic nitrogens is 2. The van der Waals surface area contributed by atoms with Crippen LogP contribution in [0.15, 0.2) is 28.8 Å². The summed E-state index contributed by atoms with van der Waals surface area (Å²) in [7, 11) is 1.55. The van der Waals surface area contributed by atoms with Crippen LogP contribution >= 0.6 is 11.6 Å². The van der Waals surface area contributed by atoms with E-state index in [1.165, 1.54) is 5.56 Å². The van der Waals surface area contributed by atoms with E-state index in [2.05, 4.69) is 10.2 Å². The molecule has 8 heteroatoms. The molecule has 0 radical (unpaired) electrons. The molecule has 28 heavy (non-hydrogen) atoms. The van der Waals surface area contributed by atoms with Gasteiger partial charge in [-0.1, -0.05) is 11.6 Å². The van der Waals surface area contributed by atoms with Crippen molar-refractivity contribution in [3.63, 3.8) is 0 Å². The van der Waals surface area contributed by atoms with Gasteiger partial charge in [0.25, 0.3) is 5.91 Å². The second-order valence-electron chi connectivity index (χ2n) is 7.29. The molecule has 0 saturated carbocycles. The zero-order valence-electron chi connectivity index (χ0n) is 15.5. The molecule has 0 unspecified atom stereocenters. The summed E-state index contributed by atoms with van der Waals surface area (Å²) >= 11 is 6.12. The summed E-state index contributed by atoms with van der Waals surface area (Å²) in [5.74, 6) is 0.671. The number of H-pyrrole nitrogens is 1. The van der Waals surface area contributed by atoms with Gasteiger partial charge in [-0.05, 0) is 37.0 Å². The largest absolute Gasteiger partial charge is 0.493 e. The molecule has 7 nitrogen and oxygen atoms in total. The third kappa shape index (κ3) is 2.69. The number of amides is 1. The Bertz CT molecular complexity index is 1050. The number of carbonyl (C=O) groups is 1. The third-order valence-electron chi connectivity index (χ3n) is 5.76. The molecule has 0 bridgehead atoms. The number of ether oxygens (including phenoxy) is 2. The molecule has 2 aromatic heterocycles. The number of methoxy groups -OCH3 is 1. The first-order valence-electron chi connectivity index (χ1n) is 9.33. The van der Waals surface area contributed by atoms with Crippen molar-refractivity contribution < 1.29 is 18.7 Å². The van der Waals surface area contributed by atoms with E-state index in [0.29, 0.717) is 41.8 Å². The summed E-state index contributed by atoms with van der Waals surface area (Å²) in [4.78, 5) is 14.8. The molecule has 3 aromatic rings. The van der Waals surface area contributed by atoms with Crippen LogP contribution in [-0.2, 0) is 16.8 Å². The predicted molar refractivity (Wildman–Crippen MR) is 103 cm³/mol. The van der Waals surface area contributed by atoms with Crippen LogP contribution in [0.5, 0.6) is 5.75 Å². The van der Waals surface area contributed by atoms with Gasteiger partial charge in [0.15, 0.2) is 17.1 Å². The van der Waals surface area contributed by atoms with Crippen molar-refractivity contribution >= 4 is 28.5 Å². The van der Waals surface area contributed by atoms with E-state index in [0.717, 1.165) is 30.3 Å². The lowest BCUT2D eigenvalue weighted by molar-refractivity contribution is -0.0964. The highest BCUT2D eigenvalue weighted by molar-refractivity contribution is 6.31. The summed E-state index contributed by atoms with van der Waals surface area (Å²) in [5.41, 5.74) is 2.44. The number of halogens is 1. The quantitative estimate of drug-likeness (QED) is 0.710. The molecule has 1 fully saturated rings. The number of rotatable bonds is 2. The second kappa shape index (κ2) is 6.53. The highest BCUT2D eigenvalue weighted by atomic mass is 35.5. The van der Waals surface area contributed by atoms with Gasteiger partial charge in [-0.25, -0.2) is 0 Å². The van der Waals surface area contributed by atoms with Crippen molar-refractivity contribution in [2.24, 2.45) is 0 Å². The van der Waals surface area contributed by atoms with Crippen molar-refractivity contribution in [3.8, 4) is 5.75 Å². The van der Waals surface area contributed by atoms with Crippen LogP contribution in [-0.4, -0.2) is 47.8 Å². The van der Waals surface area contributed by atoms with Crippen LogP contribution in [0, 0.1) is 0 Å². The maximum absolute atomic E-state index is 13.0. The average Bonchev–Trinajstić information content (AvgIpc) is 3.35. The van der Waals surface area contributed by atoms with E-state index < -0.39 is 0 Å². The first-order chi connectivity index (χ1) is 13.6. The minimum Gasteiger partial charge on any atom is -0.493 e. The zero-order chi connectivity index (χ0) is 19.3. The number of hydrogen-bond acceptors (Lipinski definition) is 5. The Hall–Kier alpha value is -2.51. The van der Waals surface area contributed by atoms with Crippen LogP contribution in [0.25, 0.3) is 11.0 Å². The van der Waals surface area contributed by atoms with Crippen molar-refractivity contribution in [2.45, 2.75) is 24.9 Å². The maximum Gasteiger partial charge on any atom is 0.289 e. The normalized spacial score (nSPS) is 18.4. The SMILES string of the molecule is COc1cc(Cl)cc2cc(C(=O)N3CCC4(CC3)OCCc3cn[nH]c34)oc12. The number of piperidine rings is 1. The molecule has 1 amide bonds. The Balaban J connectivity index is 1.38. The predicted octanol–water partition coefficient (Wildman–Crippen LogP) is 3.52. The van der Waals surface area contributed by atoms with E-state index in [1.54, 1.807) is 25.3 Å². The van der Waals surface area contributed by atoms with Gasteiger partial charge in [0.05, 0.1) is 25.6 Å². The molecule has 5 rings (SSSR count). The number of benzene rings is 1. The Labute approximate surface area is 166 Å². The fourth-order valence-corrected chi connectivity index (χ4v) is 4.50. The molecule has 4 heterocycles. The van der Waals surface area contributed by atoms with Crippen LogP contribution in [0.2, 0.25) is 5.02 Å². The number of nitrogens with zero attached hydrogens (tertiary/aromatic N) is 2. The Kier molecular flexibility index (Phi) is 4.10. The number of hydrogen-bond donors (Lipinski definition) is 1. The van der Waals surface area contributed by atoms with E-state index in [9.17, 15) is 4.79 Å². The minimum atomic E-state index is -0.370. The number of carbonyl (C=O) groups excluding carboxylic acids is 1. The smallest absolute Gasteiger partial charge is 0.289 e. The molecular weight excluding hydrogens is 382 g/mol. The summed E-state index contributed by atoms with van der Waals surface area (Å²) < 4.78 is 17.3. The summed E-state index contributed by atoms with van der Waals surface area (Å²) in [6.45, 7) is 1.86. The monoisotopic (exact) mass is 401 g/mol. The lowest BCUT2D eigenvalue weighted by atomic mass is 9.83. The van der Waals surface area contributed by atoms with Crippen molar-refractivity contribution in [3.05, 3.63) is 46.4 Å². The van der Waals surface area contributed by atoms with Crippen LogP contribution in [0.1, 0.15) is 34.7 Å². The van der Waals surface area contributed by atoms with Gasteiger partial charge in [-0.3, -0.25) is 9.89 Å². The Morgan fingerprint density at radius 3 is 2.93 bits per heavy atom. The minimum absolute atomic E-state index is 0.134. The molecule has 0 aliphatic carbocycles. The van der Waals surface area contributed by atoms with Crippen LogP contribution < -0.4 is 4.74 Å². The third-order valence-corrected chi connectivity index (χ3v) is 5.98. The highest BCUT2D eigenvalue weighted by Crippen LogP contribution is 2.41. The van der Waals surface area contributed by atoms with Gasteiger partial charge in [-0.15, -0.1) is 0 Å². The molecule has 1 aromatic carbocycles.